The van der Waals surface area contributed by atoms with Crippen molar-refractivity contribution in [3.63, 3.8) is 0 Å². The number of carbonyl (C=O) groups excluding carboxylic acids is 1. The van der Waals surface area contributed by atoms with E-state index in [1.54, 1.807) is 35.4 Å². The smallest absolute Gasteiger partial charge is 0.278 e. The first-order valence-corrected chi connectivity index (χ1v) is 9.62. The van der Waals surface area contributed by atoms with Crippen molar-refractivity contribution in [3.8, 4) is 5.75 Å². The van der Waals surface area contributed by atoms with Gasteiger partial charge in [0.2, 0.25) is 5.95 Å². The van der Waals surface area contributed by atoms with Crippen LogP contribution >= 0.6 is 11.6 Å². The minimum absolute atomic E-state index is 0.125. The molecule has 1 N–H and O–H groups in total. The summed E-state index contributed by atoms with van der Waals surface area (Å²) in [6, 6.07) is 16.8. The number of ether oxygens (including phenoxy) is 1. The zero-order valence-corrected chi connectivity index (χ0v) is 17.0. The Morgan fingerprint density at radius 3 is 2.70 bits per heavy atom. The molecule has 8 nitrogen and oxygen atoms in total. The highest BCUT2D eigenvalue weighted by Crippen LogP contribution is 2.23. The second-order valence-electron chi connectivity index (χ2n) is 6.59. The fraction of sp³-hybridized carbons (Fsp3) is 0.143. The van der Waals surface area contributed by atoms with Crippen LogP contribution in [0.4, 0.5) is 5.95 Å². The lowest BCUT2D eigenvalue weighted by molar-refractivity contribution is 0.101. The highest BCUT2D eigenvalue weighted by Gasteiger charge is 2.13. The van der Waals surface area contributed by atoms with Crippen LogP contribution in [0.3, 0.4) is 0 Å². The first kappa shape index (κ1) is 19.7. The highest BCUT2D eigenvalue weighted by atomic mass is 35.5. The van der Waals surface area contributed by atoms with Gasteiger partial charge >= 0.3 is 0 Å². The van der Waals surface area contributed by atoms with Crippen LogP contribution < -0.4 is 10.1 Å². The van der Waals surface area contributed by atoms with E-state index in [-0.39, 0.29) is 18.4 Å². The Morgan fingerprint density at radius 1 is 1.07 bits per heavy atom. The van der Waals surface area contributed by atoms with E-state index in [0.29, 0.717) is 17.3 Å². The van der Waals surface area contributed by atoms with Gasteiger partial charge in [-0.05, 0) is 36.2 Å². The van der Waals surface area contributed by atoms with Gasteiger partial charge in [0, 0.05) is 6.20 Å². The maximum Gasteiger partial charge on any atom is 0.278 e. The predicted octanol–water partition coefficient (Wildman–Crippen LogP) is 3.77. The summed E-state index contributed by atoms with van der Waals surface area (Å²) < 4.78 is 8.79. The molecule has 0 saturated carbocycles. The topological polar surface area (TPSA) is 86.9 Å². The molecule has 0 unspecified atom stereocenters. The molecule has 4 aromatic rings. The lowest BCUT2D eigenvalue weighted by Gasteiger charge is -2.07. The molecular formula is C21H19ClN6O2. The summed E-state index contributed by atoms with van der Waals surface area (Å²) in [5.74, 6) is 0.361. The summed E-state index contributed by atoms with van der Waals surface area (Å²) >= 11 is 6.06. The van der Waals surface area contributed by atoms with Gasteiger partial charge in [0.05, 0.1) is 11.6 Å². The lowest BCUT2D eigenvalue weighted by atomic mass is 10.1. The third kappa shape index (κ3) is 4.66. The van der Waals surface area contributed by atoms with E-state index in [1.165, 1.54) is 10.2 Å². The highest BCUT2D eigenvalue weighted by molar-refractivity contribution is 6.32. The number of aryl methyl sites for hydroxylation is 1. The number of para-hydroxylation sites is 1. The molecule has 9 heteroatoms. The summed E-state index contributed by atoms with van der Waals surface area (Å²) in [7, 11) is 0. The molecule has 4 rings (SSSR count). The van der Waals surface area contributed by atoms with Gasteiger partial charge < -0.3 is 4.74 Å². The van der Waals surface area contributed by atoms with Gasteiger partial charge in [-0.3, -0.25) is 10.1 Å². The van der Waals surface area contributed by atoms with Crippen LogP contribution in [0, 0.1) is 6.92 Å². The number of aromatic nitrogens is 5. The van der Waals surface area contributed by atoms with Crippen molar-refractivity contribution in [1.82, 2.24) is 24.5 Å². The minimum Gasteiger partial charge on any atom is -0.470 e. The van der Waals surface area contributed by atoms with E-state index in [2.05, 4.69) is 20.5 Å². The van der Waals surface area contributed by atoms with E-state index in [4.69, 9.17) is 16.3 Å². The van der Waals surface area contributed by atoms with Gasteiger partial charge in [0.1, 0.15) is 12.1 Å². The number of amides is 1. The maximum absolute atomic E-state index is 12.4. The Hall–Kier alpha value is -3.65. The van der Waals surface area contributed by atoms with Gasteiger partial charge in [0.25, 0.3) is 5.91 Å². The molecule has 0 spiro atoms. The third-order valence-electron chi connectivity index (χ3n) is 4.42. The molecule has 0 saturated heterocycles. The molecular weight excluding hydrogens is 404 g/mol. The van der Waals surface area contributed by atoms with E-state index in [9.17, 15) is 4.79 Å². The summed E-state index contributed by atoms with van der Waals surface area (Å²) in [6.07, 6.45) is 3.23. The lowest BCUT2D eigenvalue weighted by Crippen LogP contribution is -2.15. The molecule has 0 radical (unpaired) electrons. The van der Waals surface area contributed by atoms with Crippen LogP contribution in [0.15, 0.2) is 67.1 Å². The van der Waals surface area contributed by atoms with Crippen LogP contribution in [-0.2, 0) is 13.3 Å². The van der Waals surface area contributed by atoms with Crippen molar-refractivity contribution in [2.24, 2.45) is 0 Å². The zero-order chi connectivity index (χ0) is 20.9. The first-order valence-electron chi connectivity index (χ1n) is 9.24. The summed E-state index contributed by atoms with van der Waals surface area (Å²) in [6.45, 7) is 2.74. The van der Waals surface area contributed by atoms with Gasteiger partial charge in [-0.25, -0.2) is 14.3 Å². The van der Waals surface area contributed by atoms with Gasteiger partial charge in [-0.1, -0.05) is 48.0 Å². The summed E-state index contributed by atoms with van der Waals surface area (Å²) in [5.41, 5.74) is 2.54. The quantitative estimate of drug-likeness (QED) is 0.490. The van der Waals surface area contributed by atoms with Crippen LogP contribution in [0.2, 0.25) is 5.02 Å². The zero-order valence-electron chi connectivity index (χ0n) is 16.2. The Bertz CT molecular complexity index is 1170. The van der Waals surface area contributed by atoms with Crippen molar-refractivity contribution in [2.45, 2.75) is 20.2 Å². The monoisotopic (exact) mass is 422 g/mol. The first-order chi connectivity index (χ1) is 14.6. The number of nitrogens with zero attached hydrogens (tertiary/aromatic N) is 5. The fourth-order valence-corrected chi connectivity index (χ4v) is 3.00. The predicted molar refractivity (Wildman–Crippen MR) is 113 cm³/mol. The van der Waals surface area contributed by atoms with Crippen molar-refractivity contribution in [2.75, 3.05) is 5.32 Å². The van der Waals surface area contributed by atoms with Crippen molar-refractivity contribution in [1.29, 1.82) is 0 Å². The standard InChI is InChI=1S/C21H19ClN6O2/c1-15-6-2-3-7-16(15)12-28-13-23-21(26-28)24-20(29)18-10-11-27(25-18)14-30-19-9-5-4-8-17(19)22/h2-11,13H,12,14H2,1H3,(H,24,26,29). The number of halogens is 1. The number of hydrogen-bond donors (Lipinski definition) is 1. The number of anilines is 1. The number of rotatable bonds is 7. The normalized spacial score (nSPS) is 10.7. The van der Waals surface area contributed by atoms with Gasteiger partial charge in [-0.2, -0.15) is 5.10 Å². The van der Waals surface area contributed by atoms with E-state index in [1.807, 2.05) is 43.3 Å². The van der Waals surface area contributed by atoms with Crippen LogP contribution in [0.1, 0.15) is 21.6 Å². The molecule has 0 fully saturated rings. The second-order valence-corrected chi connectivity index (χ2v) is 7.00. The number of benzene rings is 2. The molecule has 0 atom stereocenters. The largest absolute Gasteiger partial charge is 0.470 e. The van der Waals surface area contributed by atoms with Crippen molar-refractivity contribution in [3.05, 3.63) is 89.0 Å². The molecule has 1 amide bonds. The third-order valence-corrected chi connectivity index (χ3v) is 4.73. The van der Waals surface area contributed by atoms with Crippen LogP contribution in [0.5, 0.6) is 5.75 Å². The SMILES string of the molecule is Cc1ccccc1Cn1cnc(NC(=O)c2ccn(COc3ccccc3Cl)n2)n1. The minimum atomic E-state index is -0.403. The number of carbonyl (C=O) groups is 1. The van der Waals surface area contributed by atoms with E-state index >= 15 is 0 Å². The average molecular weight is 423 g/mol. The van der Waals surface area contributed by atoms with Crippen LogP contribution in [-0.4, -0.2) is 30.5 Å². The Morgan fingerprint density at radius 2 is 1.87 bits per heavy atom. The van der Waals surface area contributed by atoms with Gasteiger partial charge in [0.15, 0.2) is 12.4 Å². The molecule has 0 aliphatic heterocycles. The van der Waals surface area contributed by atoms with E-state index < -0.39 is 5.91 Å². The number of nitrogens with one attached hydrogen (secondary N) is 1. The Balaban J connectivity index is 1.35. The molecule has 2 aromatic carbocycles. The molecule has 30 heavy (non-hydrogen) atoms. The molecule has 2 aromatic heterocycles. The van der Waals surface area contributed by atoms with Gasteiger partial charge in [-0.15, -0.1) is 5.10 Å². The molecule has 0 aliphatic rings. The van der Waals surface area contributed by atoms with Crippen LogP contribution in [0.25, 0.3) is 0 Å². The molecule has 152 valence electrons. The fourth-order valence-electron chi connectivity index (χ4n) is 2.81. The van der Waals surface area contributed by atoms with Crippen molar-refractivity contribution < 1.29 is 9.53 Å². The Labute approximate surface area is 178 Å². The van der Waals surface area contributed by atoms with Crippen molar-refractivity contribution >= 4 is 23.5 Å². The summed E-state index contributed by atoms with van der Waals surface area (Å²) in [4.78, 5) is 16.6. The average Bonchev–Trinajstić information content (AvgIpc) is 3.39. The molecule has 2 heterocycles. The molecule has 0 aliphatic carbocycles. The summed E-state index contributed by atoms with van der Waals surface area (Å²) in [5, 5.41) is 11.7. The van der Waals surface area contributed by atoms with E-state index in [0.717, 1.165) is 5.56 Å². The Kier molecular flexibility index (Phi) is 5.76. The maximum atomic E-state index is 12.4. The molecule has 0 bridgehead atoms. The second kappa shape index (κ2) is 8.79. The number of hydrogen-bond acceptors (Lipinski definition) is 5.